The molecule has 0 atom stereocenters. The standard InChI is InChI=1S/C31H38N6/c1-3-4-16-37-30(29(18-32)34-31(37)27-13-9-8-10-23(27)2)22-36(20-24-11-6-5-7-12-24)21-25-14-15-28-26(17-25)19-33-35-28/h8-10,13-15,17,19,24H,3-7,11-12,16,20-22H2,1-2H3,(H,33,35). The quantitative estimate of drug-likeness (QED) is 0.258. The van der Waals surface area contributed by atoms with E-state index < -0.39 is 0 Å². The van der Waals surface area contributed by atoms with Crippen LogP contribution in [0.3, 0.4) is 0 Å². The van der Waals surface area contributed by atoms with Crippen LogP contribution in [0, 0.1) is 24.2 Å². The third-order valence-electron chi connectivity index (χ3n) is 7.82. The van der Waals surface area contributed by atoms with Crippen molar-refractivity contribution in [1.29, 1.82) is 5.26 Å². The van der Waals surface area contributed by atoms with E-state index in [9.17, 15) is 5.26 Å². The number of H-pyrrole nitrogens is 1. The van der Waals surface area contributed by atoms with Crippen LogP contribution in [0.15, 0.2) is 48.7 Å². The van der Waals surface area contributed by atoms with Gasteiger partial charge in [-0.1, -0.05) is 62.9 Å². The van der Waals surface area contributed by atoms with E-state index in [0.29, 0.717) is 11.6 Å². The molecule has 2 heterocycles. The number of nitrogens with zero attached hydrogens (tertiary/aromatic N) is 5. The molecule has 4 aromatic rings. The molecule has 1 fully saturated rings. The molecular formula is C31H38N6. The van der Waals surface area contributed by atoms with Crippen LogP contribution >= 0.6 is 0 Å². The van der Waals surface area contributed by atoms with Crippen molar-refractivity contribution >= 4 is 10.9 Å². The third-order valence-corrected chi connectivity index (χ3v) is 7.82. The molecule has 6 heteroatoms. The lowest BCUT2D eigenvalue weighted by molar-refractivity contribution is 0.183. The summed E-state index contributed by atoms with van der Waals surface area (Å²) in [5, 5.41) is 18.6. The Morgan fingerprint density at radius 2 is 1.95 bits per heavy atom. The Bertz CT molecular complexity index is 1370. The van der Waals surface area contributed by atoms with E-state index in [-0.39, 0.29) is 0 Å². The molecule has 5 rings (SSSR count). The van der Waals surface area contributed by atoms with E-state index >= 15 is 0 Å². The monoisotopic (exact) mass is 494 g/mol. The first-order chi connectivity index (χ1) is 18.2. The van der Waals surface area contributed by atoms with Crippen LogP contribution in [0.25, 0.3) is 22.3 Å². The second-order valence-corrected chi connectivity index (χ2v) is 10.6. The molecule has 192 valence electrons. The van der Waals surface area contributed by atoms with Gasteiger partial charge < -0.3 is 4.57 Å². The smallest absolute Gasteiger partial charge is 0.163 e. The average molecular weight is 495 g/mol. The van der Waals surface area contributed by atoms with Gasteiger partial charge in [0.2, 0.25) is 0 Å². The van der Waals surface area contributed by atoms with Crippen LogP contribution in [0.1, 0.15) is 74.4 Å². The summed E-state index contributed by atoms with van der Waals surface area (Å²) in [6, 6.07) is 17.4. The minimum absolute atomic E-state index is 0.563. The first kappa shape index (κ1) is 25.2. The van der Waals surface area contributed by atoms with Crippen molar-refractivity contribution in [2.75, 3.05) is 6.54 Å². The number of aromatic nitrogens is 4. The van der Waals surface area contributed by atoms with Gasteiger partial charge in [0.1, 0.15) is 11.9 Å². The summed E-state index contributed by atoms with van der Waals surface area (Å²) in [4.78, 5) is 7.47. The molecule has 0 spiro atoms. The Morgan fingerprint density at radius 1 is 1.11 bits per heavy atom. The fourth-order valence-corrected chi connectivity index (χ4v) is 5.80. The number of imidazole rings is 1. The molecule has 0 unspecified atom stereocenters. The lowest BCUT2D eigenvalue weighted by atomic mass is 9.89. The van der Waals surface area contributed by atoms with Gasteiger partial charge in [-0.15, -0.1) is 0 Å². The number of nitriles is 1. The van der Waals surface area contributed by atoms with Crippen molar-refractivity contribution in [3.63, 3.8) is 0 Å². The molecule has 2 aromatic heterocycles. The summed E-state index contributed by atoms with van der Waals surface area (Å²) in [5.41, 5.74) is 6.26. The van der Waals surface area contributed by atoms with Gasteiger partial charge in [0.15, 0.2) is 5.69 Å². The van der Waals surface area contributed by atoms with Crippen LogP contribution in [0.5, 0.6) is 0 Å². The number of fused-ring (bicyclic) bond motifs is 1. The zero-order chi connectivity index (χ0) is 25.6. The Hall–Kier alpha value is -3.43. The molecule has 0 aliphatic heterocycles. The molecule has 0 bridgehead atoms. The van der Waals surface area contributed by atoms with Gasteiger partial charge in [-0.2, -0.15) is 10.4 Å². The zero-order valence-corrected chi connectivity index (χ0v) is 22.2. The van der Waals surface area contributed by atoms with E-state index in [1.807, 2.05) is 6.20 Å². The van der Waals surface area contributed by atoms with Crippen LogP contribution in [0.2, 0.25) is 0 Å². The molecule has 0 amide bonds. The number of aryl methyl sites for hydroxylation is 1. The summed E-state index contributed by atoms with van der Waals surface area (Å²) in [6.45, 7) is 7.85. The van der Waals surface area contributed by atoms with E-state index in [2.05, 4.69) is 82.0 Å². The van der Waals surface area contributed by atoms with Crippen LogP contribution < -0.4 is 0 Å². The van der Waals surface area contributed by atoms with Gasteiger partial charge >= 0.3 is 0 Å². The van der Waals surface area contributed by atoms with E-state index in [0.717, 1.165) is 67.0 Å². The predicted molar refractivity (Wildman–Crippen MR) is 149 cm³/mol. The van der Waals surface area contributed by atoms with Crippen molar-refractivity contribution in [2.45, 2.75) is 78.4 Å². The number of hydrogen-bond donors (Lipinski definition) is 1. The van der Waals surface area contributed by atoms with Crippen molar-refractivity contribution in [1.82, 2.24) is 24.6 Å². The molecular weight excluding hydrogens is 456 g/mol. The summed E-state index contributed by atoms with van der Waals surface area (Å²) >= 11 is 0. The lowest BCUT2D eigenvalue weighted by Gasteiger charge is -2.30. The van der Waals surface area contributed by atoms with Crippen LogP contribution in [-0.2, 0) is 19.6 Å². The van der Waals surface area contributed by atoms with Gasteiger partial charge in [0.25, 0.3) is 0 Å². The van der Waals surface area contributed by atoms with Gasteiger partial charge in [-0.3, -0.25) is 10.00 Å². The normalized spacial score (nSPS) is 14.4. The SMILES string of the molecule is CCCCn1c(-c2ccccc2C)nc(C#N)c1CN(Cc1ccc2[nH]ncc2c1)CC1CCCCC1. The molecule has 1 saturated carbocycles. The highest BCUT2D eigenvalue weighted by Gasteiger charge is 2.24. The average Bonchev–Trinajstić information content (AvgIpc) is 3.52. The maximum atomic E-state index is 10.2. The number of nitrogens with one attached hydrogen (secondary N) is 1. The maximum Gasteiger partial charge on any atom is 0.163 e. The second kappa shape index (κ2) is 11.7. The molecule has 1 aliphatic carbocycles. The van der Waals surface area contributed by atoms with Gasteiger partial charge in [-0.05, 0) is 55.4 Å². The Kier molecular flexibility index (Phi) is 8.01. The highest BCUT2D eigenvalue weighted by Crippen LogP contribution is 2.30. The summed E-state index contributed by atoms with van der Waals surface area (Å²) in [6.07, 6.45) is 10.7. The topological polar surface area (TPSA) is 73.5 Å². The number of rotatable bonds is 10. The number of unbranched alkanes of at least 4 members (excludes halogenated alkanes) is 1. The Balaban J connectivity index is 1.51. The Labute approximate surface area is 220 Å². The first-order valence-corrected chi connectivity index (χ1v) is 13.9. The summed E-state index contributed by atoms with van der Waals surface area (Å²) < 4.78 is 2.33. The van der Waals surface area contributed by atoms with Crippen molar-refractivity contribution in [3.05, 3.63) is 71.2 Å². The minimum Gasteiger partial charge on any atom is -0.326 e. The number of hydrogen-bond acceptors (Lipinski definition) is 4. The lowest BCUT2D eigenvalue weighted by Crippen LogP contribution is -2.31. The molecule has 1 N–H and O–H groups in total. The van der Waals surface area contributed by atoms with Gasteiger partial charge in [-0.25, -0.2) is 4.98 Å². The van der Waals surface area contributed by atoms with E-state index in [1.54, 1.807) is 0 Å². The van der Waals surface area contributed by atoms with Crippen molar-refractivity contribution in [3.8, 4) is 17.5 Å². The fraction of sp³-hybridized carbons (Fsp3) is 0.452. The fourth-order valence-electron chi connectivity index (χ4n) is 5.80. The zero-order valence-electron chi connectivity index (χ0n) is 22.2. The minimum atomic E-state index is 0.563. The third kappa shape index (κ3) is 5.78. The number of benzene rings is 2. The number of aromatic amines is 1. The molecule has 2 aromatic carbocycles. The molecule has 6 nitrogen and oxygen atoms in total. The second-order valence-electron chi connectivity index (χ2n) is 10.6. The van der Waals surface area contributed by atoms with Crippen LogP contribution in [-0.4, -0.2) is 31.2 Å². The van der Waals surface area contributed by atoms with Crippen molar-refractivity contribution in [2.24, 2.45) is 5.92 Å². The maximum absolute atomic E-state index is 10.2. The largest absolute Gasteiger partial charge is 0.326 e. The van der Waals surface area contributed by atoms with Crippen LogP contribution in [0.4, 0.5) is 0 Å². The Morgan fingerprint density at radius 3 is 2.73 bits per heavy atom. The highest BCUT2D eigenvalue weighted by atomic mass is 15.2. The van der Waals surface area contributed by atoms with Gasteiger partial charge in [0, 0.05) is 37.1 Å². The molecule has 1 aliphatic rings. The van der Waals surface area contributed by atoms with E-state index in [1.165, 1.54) is 43.2 Å². The molecule has 37 heavy (non-hydrogen) atoms. The van der Waals surface area contributed by atoms with Gasteiger partial charge in [0.05, 0.1) is 17.4 Å². The first-order valence-electron chi connectivity index (χ1n) is 13.9. The highest BCUT2D eigenvalue weighted by molar-refractivity contribution is 5.78. The van der Waals surface area contributed by atoms with E-state index in [4.69, 9.17) is 4.98 Å². The predicted octanol–water partition coefficient (Wildman–Crippen LogP) is 6.99. The van der Waals surface area contributed by atoms with Crippen molar-refractivity contribution < 1.29 is 0 Å². The molecule has 0 saturated heterocycles. The summed E-state index contributed by atoms with van der Waals surface area (Å²) in [7, 11) is 0. The summed E-state index contributed by atoms with van der Waals surface area (Å²) in [5.74, 6) is 1.63. The molecule has 0 radical (unpaired) electrons.